The normalized spacial score (nSPS) is 23.3. The minimum absolute atomic E-state index is 0.0705. The lowest BCUT2D eigenvalue weighted by atomic mass is 9.96. The van der Waals surface area contributed by atoms with Gasteiger partial charge in [0, 0.05) is 0 Å². The molecule has 0 unspecified atom stereocenters. The largest absolute Gasteiger partial charge is 0.445 e. The quantitative estimate of drug-likeness (QED) is 0.174. The van der Waals surface area contributed by atoms with Crippen molar-refractivity contribution in [2.45, 2.75) is 93.5 Å². The van der Waals surface area contributed by atoms with E-state index in [9.17, 15) is 9.90 Å². The van der Waals surface area contributed by atoms with E-state index in [1.54, 1.807) is 0 Å². The van der Waals surface area contributed by atoms with Crippen LogP contribution in [0.2, 0.25) is 18.1 Å². The maximum Gasteiger partial charge on any atom is 0.407 e. The number of rotatable bonds is 13. The third kappa shape index (κ3) is 10.6. The Morgan fingerprint density at radius 2 is 1.56 bits per heavy atom. The Kier molecular flexibility index (Phi) is 13.2. The van der Waals surface area contributed by atoms with Crippen molar-refractivity contribution < 1.29 is 33.3 Å². The summed E-state index contributed by atoms with van der Waals surface area (Å²) in [6.07, 6.45) is -4.79. The molecule has 12 heteroatoms. The van der Waals surface area contributed by atoms with E-state index in [0.717, 1.165) is 11.1 Å². The average molecular weight is 677 g/mol. The molecule has 1 aliphatic heterocycles. The first-order valence-electron chi connectivity index (χ1n) is 14.4. The van der Waals surface area contributed by atoms with Gasteiger partial charge in [0.1, 0.15) is 31.0 Å². The van der Waals surface area contributed by atoms with Gasteiger partial charge in [0.15, 0.2) is 14.6 Å². The van der Waals surface area contributed by atoms with Crippen molar-refractivity contribution in [2.24, 2.45) is 5.92 Å². The molecule has 43 heavy (non-hydrogen) atoms. The van der Waals surface area contributed by atoms with Crippen LogP contribution >= 0.6 is 34.8 Å². The van der Waals surface area contributed by atoms with Crippen LogP contribution in [0.25, 0.3) is 0 Å². The van der Waals surface area contributed by atoms with Crippen LogP contribution in [0.15, 0.2) is 60.7 Å². The van der Waals surface area contributed by atoms with Crippen molar-refractivity contribution in [3.8, 4) is 0 Å². The van der Waals surface area contributed by atoms with Gasteiger partial charge in [0.05, 0.1) is 19.8 Å². The Hall–Kier alpha value is -1.40. The Bertz CT molecular complexity index is 1140. The zero-order chi connectivity index (χ0) is 31.8. The molecule has 240 valence electrons. The van der Waals surface area contributed by atoms with Crippen molar-refractivity contribution in [3.05, 3.63) is 71.8 Å². The van der Waals surface area contributed by atoms with E-state index in [0.29, 0.717) is 12.5 Å². The van der Waals surface area contributed by atoms with Crippen LogP contribution in [-0.4, -0.2) is 67.2 Å². The van der Waals surface area contributed by atoms with Crippen molar-refractivity contribution in [1.82, 2.24) is 5.32 Å². The number of ether oxygens (including phenoxy) is 4. The van der Waals surface area contributed by atoms with Gasteiger partial charge in [-0.2, -0.15) is 0 Å². The fourth-order valence-corrected chi connectivity index (χ4v) is 7.24. The van der Waals surface area contributed by atoms with Crippen LogP contribution in [0.5, 0.6) is 0 Å². The zero-order valence-electron chi connectivity index (χ0n) is 25.6. The average Bonchev–Trinajstić information content (AvgIpc) is 2.94. The van der Waals surface area contributed by atoms with E-state index in [4.69, 9.17) is 58.2 Å². The fourth-order valence-electron chi connectivity index (χ4n) is 4.60. The van der Waals surface area contributed by atoms with Crippen LogP contribution in [0.4, 0.5) is 4.79 Å². The summed E-state index contributed by atoms with van der Waals surface area (Å²) >= 11 is 17.4. The van der Waals surface area contributed by atoms with Gasteiger partial charge in [-0.15, -0.1) is 0 Å². The standard InChI is InChI=1S/C31H44Cl3NO7Si/c1-21(2)30(3,4)43(5,6)42-28-25(35-29(37)40-20-31(32,33)34)27(39-18-23-15-11-8-12-16-23)26(36)24(41-28)19-38-17-22-13-9-7-10-14-22/h7-16,21,24-28,36H,17-20H2,1-6H3,(H,35,37)/t24-,25-,26-,27-,28+/m1/s1. The summed E-state index contributed by atoms with van der Waals surface area (Å²) in [5.74, 6) is 0.305. The van der Waals surface area contributed by atoms with Gasteiger partial charge < -0.3 is 33.8 Å². The number of hydrogen-bond acceptors (Lipinski definition) is 7. The second-order valence-electron chi connectivity index (χ2n) is 12.2. The lowest BCUT2D eigenvalue weighted by Gasteiger charge is -2.50. The highest BCUT2D eigenvalue weighted by Crippen LogP contribution is 2.46. The lowest BCUT2D eigenvalue weighted by Crippen LogP contribution is -2.67. The predicted octanol–water partition coefficient (Wildman–Crippen LogP) is 7.00. The molecule has 5 atom stereocenters. The molecule has 1 amide bonds. The van der Waals surface area contributed by atoms with Crippen LogP contribution in [-0.2, 0) is 36.6 Å². The minimum atomic E-state index is -2.53. The second-order valence-corrected chi connectivity index (χ2v) is 19.2. The number of benzene rings is 2. The molecule has 2 N–H and O–H groups in total. The summed E-state index contributed by atoms with van der Waals surface area (Å²) in [5, 5.41) is 14.2. The Labute approximate surface area is 271 Å². The third-order valence-corrected chi connectivity index (χ3v) is 13.2. The molecule has 0 saturated carbocycles. The van der Waals surface area contributed by atoms with Gasteiger partial charge in [-0.05, 0) is 35.2 Å². The van der Waals surface area contributed by atoms with E-state index in [1.165, 1.54) is 0 Å². The SMILES string of the molecule is CC(C)C(C)(C)[Si](C)(C)O[C@@H]1O[C@H](COCc2ccccc2)[C@@H](O)[C@H](OCc2ccccc2)[C@H]1NC(=O)OCC(Cl)(Cl)Cl. The summed E-state index contributed by atoms with van der Waals surface area (Å²) in [7, 11) is -2.53. The van der Waals surface area contributed by atoms with Crippen LogP contribution in [0, 0.1) is 5.92 Å². The molecule has 2 aromatic rings. The molecule has 8 nitrogen and oxygen atoms in total. The van der Waals surface area contributed by atoms with Crippen LogP contribution in [0.3, 0.4) is 0 Å². The molecule has 1 fully saturated rings. The van der Waals surface area contributed by atoms with Gasteiger partial charge in [-0.25, -0.2) is 4.79 Å². The molecule has 1 saturated heterocycles. The zero-order valence-corrected chi connectivity index (χ0v) is 28.9. The minimum Gasteiger partial charge on any atom is -0.445 e. The lowest BCUT2D eigenvalue weighted by molar-refractivity contribution is -0.261. The first-order chi connectivity index (χ1) is 20.1. The smallest absolute Gasteiger partial charge is 0.407 e. The Balaban J connectivity index is 1.91. The second kappa shape index (κ2) is 15.7. The number of alkyl carbamates (subject to hydrolysis) is 1. The van der Waals surface area contributed by atoms with Gasteiger partial charge in [-0.1, -0.05) is 123 Å². The first kappa shape index (κ1) is 36.1. The van der Waals surface area contributed by atoms with Crippen LogP contribution < -0.4 is 5.32 Å². The number of nitrogens with one attached hydrogen (secondary N) is 1. The summed E-state index contributed by atoms with van der Waals surface area (Å²) < 4.78 is 28.9. The molecule has 0 spiro atoms. The number of carbonyl (C=O) groups is 1. The van der Waals surface area contributed by atoms with Crippen molar-refractivity contribution >= 4 is 49.2 Å². The van der Waals surface area contributed by atoms with Gasteiger partial charge in [0.2, 0.25) is 3.79 Å². The molecule has 3 rings (SSSR count). The van der Waals surface area contributed by atoms with E-state index < -0.39 is 55.5 Å². The molecular weight excluding hydrogens is 633 g/mol. The third-order valence-electron chi connectivity index (χ3n) is 8.41. The van der Waals surface area contributed by atoms with E-state index in [-0.39, 0.29) is 18.3 Å². The highest BCUT2D eigenvalue weighted by molar-refractivity contribution is 6.74. The molecule has 1 heterocycles. The monoisotopic (exact) mass is 675 g/mol. The molecular formula is C31H44Cl3NO7Si. The van der Waals surface area contributed by atoms with E-state index in [2.05, 4.69) is 46.1 Å². The number of alkyl halides is 3. The summed E-state index contributed by atoms with van der Waals surface area (Å²) in [5.41, 5.74) is 1.88. The number of amides is 1. The highest BCUT2D eigenvalue weighted by Gasteiger charge is 2.52. The Morgan fingerprint density at radius 3 is 2.09 bits per heavy atom. The Morgan fingerprint density at radius 1 is 1.00 bits per heavy atom. The van der Waals surface area contributed by atoms with Gasteiger partial charge in [-0.3, -0.25) is 0 Å². The molecule has 1 aliphatic rings. The number of halogens is 3. The summed E-state index contributed by atoms with van der Waals surface area (Å²) in [6.45, 7) is 13.0. The number of aliphatic hydroxyl groups excluding tert-OH is 1. The highest BCUT2D eigenvalue weighted by atomic mass is 35.6. The topological polar surface area (TPSA) is 95.5 Å². The molecule has 0 aromatic heterocycles. The van der Waals surface area contributed by atoms with Crippen molar-refractivity contribution in [3.63, 3.8) is 0 Å². The van der Waals surface area contributed by atoms with Crippen molar-refractivity contribution in [2.75, 3.05) is 13.2 Å². The first-order valence-corrected chi connectivity index (χ1v) is 18.4. The molecule has 0 bridgehead atoms. The predicted molar refractivity (Wildman–Crippen MR) is 172 cm³/mol. The number of carbonyl (C=O) groups excluding carboxylic acids is 1. The van der Waals surface area contributed by atoms with Crippen molar-refractivity contribution in [1.29, 1.82) is 0 Å². The van der Waals surface area contributed by atoms with E-state index >= 15 is 0 Å². The van der Waals surface area contributed by atoms with Gasteiger partial charge in [0.25, 0.3) is 0 Å². The molecule has 2 aromatic carbocycles. The summed E-state index contributed by atoms with van der Waals surface area (Å²) in [6, 6.07) is 18.3. The summed E-state index contributed by atoms with van der Waals surface area (Å²) in [4.78, 5) is 12.9. The fraction of sp³-hybridized carbons (Fsp3) is 0.581. The van der Waals surface area contributed by atoms with Crippen LogP contribution in [0.1, 0.15) is 38.8 Å². The maximum absolute atomic E-state index is 12.9. The number of aliphatic hydroxyl groups is 1. The maximum atomic E-state index is 12.9. The van der Waals surface area contributed by atoms with E-state index in [1.807, 2.05) is 60.7 Å². The molecule has 0 aliphatic carbocycles. The molecule has 0 radical (unpaired) electrons. The number of hydrogen-bond donors (Lipinski definition) is 2. The van der Waals surface area contributed by atoms with Gasteiger partial charge >= 0.3 is 6.09 Å².